The van der Waals surface area contributed by atoms with E-state index >= 15 is 0 Å². The van der Waals surface area contributed by atoms with Crippen molar-refractivity contribution in [3.05, 3.63) is 29.8 Å². The number of nitrogens with zero attached hydrogens (tertiary/aromatic N) is 2. The zero-order chi connectivity index (χ0) is 18.2. The summed E-state index contributed by atoms with van der Waals surface area (Å²) in [6, 6.07) is 7.91. The second-order valence-corrected chi connectivity index (χ2v) is 8.18. The predicted octanol–water partition coefficient (Wildman–Crippen LogP) is 1.47. The molecule has 1 unspecified atom stereocenters. The molecule has 0 amide bonds. The fourth-order valence-corrected chi connectivity index (χ4v) is 3.31. The van der Waals surface area contributed by atoms with Crippen molar-refractivity contribution in [3.63, 3.8) is 0 Å². The van der Waals surface area contributed by atoms with Crippen LogP contribution in [0, 0.1) is 0 Å². The number of rotatable bonds is 4. The first-order chi connectivity index (χ1) is 11.7. The van der Waals surface area contributed by atoms with Crippen molar-refractivity contribution in [2.24, 2.45) is 0 Å². The molecule has 1 aromatic carbocycles. The minimum absolute atomic E-state index is 0.180. The van der Waals surface area contributed by atoms with Crippen molar-refractivity contribution in [2.75, 3.05) is 33.2 Å². The van der Waals surface area contributed by atoms with Gasteiger partial charge in [0.2, 0.25) is 0 Å². The van der Waals surface area contributed by atoms with E-state index in [-0.39, 0.29) is 24.4 Å². The molecular formula is C19H29BN2O3. The molecule has 0 radical (unpaired) electrons. The molecule has 0 spiro atoms. The number of hydrogen-bond donors (Lipinski definition) is 0. The van der Waals surface area contributed by atoms with Gasteiger partial charge in [-0.05, 0) is 45.8 Å². The smallest absolute Gasteiger partial charge is 0.399 e. The first-order valence-corrected chi connectivity index (χ1v) is 9.07. The third-order valence-corrected chi connectivity index (χ3v) is 5.86. The molecule has 25 heavy (non-hydrogen) atoms. The molecule has 2 saturated heterocycles. The Bertz CT molecular complexity index is 594. The fourth-order valence-electron chi connectivity index (χ4n) is 3.31. The van der Waals surface area contributed by atoms with Gasteiger partial charge in [0.25, 0.3) is 0 Å². The molecule has 0 bridgehead atoms. The predicted molar refractivity (Wildman–Crippen MR) is 100 cm³/mol. The molecule has 0 aromatic heterocycles. The summed E-state index contributed by atoms with van der Waals surface area (Å²) >= 11 is 0. The lowest BCUT2D eigenvalue weighted by molar-refractivity contribution is -0.113. The highest BCUT2D eigenvalue weighted by Crippen LogP contribution is 2.36. The van der Waals surface area contributed by atoms with Gasteiger partial charge >= 0.3 is 7.12 Å². The first kappa shape index (κ1) is 18.6. The largest absolute Gasteiger partial charge is 0.494 e. The van der Waals surface area contributed by atoms with Gasteiger partial charge < -0.3 is 19.0 Å². The second kappa shape index (κ2) is 6.84. The van der Waals surface area contributed by atoms with E-state index in [1.807, 2.05) is 24.3 Å². The van der Waals surface area contributed by atoms with Gasteiger partial charge in [0.05, 0.1) is 17.2 Å². The maximum atomic E-state index is 11.7. The number of hydrogen-bond acceptors (Lipinski definition) is 5. The molecule has 0 N–H and O–H groups in total. The average Bonchev–Trinajstić information content (AvgIpc) is 2.78. The van der Waals surface area contributed by atoms with Gasteiger partial charge in [-0.1, -0.05) is 24.3 Å². The maximum Gasteiger partial charge on any atom is 0.494 e. The van der Waals surface area contributed by atoms with E-state index in [1.165, 1.54) is 0 Å². The van der Waals surface area contributed by atoms with E-state index in [4.69, 9.17) is 9.31 Å². The molecule has 0 saturated carbocycles. The van der Waals surface area contributed by atoms with Crippen molar-refractivity contribution in [2.45, 2.75) is 44.9 Å². The molecule has 136 valence electrons. The number of likely N-dealkylation sites (N-methyl/N-ethyl adjacent to an activating group) is 1. The number of aldehydes is 1. The van der Waals surface area contributed by atoms with Gasteiger partial charge in [0.15, 0.2) is 0 Å². The Morgan fingerprint density at radius 1 is 1.00 bits per heavy atom. The topological polar surface area (TPSA) is 42.0 Å². The molecule has 2 aliphatic rings. The van der Waals surface area contributed by atoms with Crippen molar-refractivity contribution >= 4 is 18.9 Å². The third kappa shape index (κ3) is 3.67. The SMILES string of the molecule is CN1CCN(C(C=O)c2ccc(B3OC(C)(C)C(C)(C)O3)cc2)CC1. The number of benzene rings is 1. The van der Waals surface area contributed by atoms with Crippen molar-refractivity contribution in [3.8, 4) is 0 Å². The summed E-state index contributed by atoms with van der Waals surface area (Å²) < 4.78 is 12.2. The van der Waals surface area contributed by atoms with Crippen LogP contribution in [0.25, 0.3) is 0 Å². The summed E-state index contributed by atoms with van der Waals surface area (Å²) in [5.41, 5.74) is 1.33. The van der Waals surface area contributed by atoms with Crippen LogP contribution in [0.2, 0.25) is 0 Å². The van der Waals surface area contributed by atoms with Crippen molar-refractivity contribution in [1.82, 2.24) is 9.80 Å². The number of carbonyl (C=O) groups excluding carboxylic acids is 1. The summed E-state index contributed by atoms with van der Waals surface area (Å²) in [5.74, 6) is 0. The zero-order valence-electron chi connectivity index (χ0n) is 16.0. The van der Waals surface area contributed by atoms with Gasteiger partial charge in [0, 0.05) is 26.2 Å². The second-order valence-electron chi connectivity index (χ2n) is 8.18. The Balaban J connectivity index is 1.73. The lowest BCUT2D eigenvalue weighted by Gasteiger charge is -2.35. The van der Waals surface area contributed by atoms with Crippen LogP contribution in [0.5, 0.6) is 0 Å². The number of piperazine rings is 1. The summed E-state index contributed by atoms with van der Waals surface area (Å²) in [5, 5.41) is 0. The lowest BCUT2D eigenvalue weighted by Crippen LogP contribution is -2.46. The molecule has 6 heteroatoms. The van der Waals surface area contributed by atoms with Crippen LogP contribution < -0.4 is 5.46 Å². The Morgan fingerprint density at radius 3 is 2.00 bits per heavy atom. The van der Waals surface area contributed by atoms with Crippen molar-refractivity contribution in [1.29, 1.82) is 0 Å². The normalized spacial score (nSPS) is 25.1. The molecule has 2 fully saturated rings. The van der Waals surface area contributed by atoms with Crippen molar-refractivity contribution < 1.29 is 14.1 Å². The van der Waals surface area contributed by atoms with Gasteiger partial charge in [0.1, 0.15) is 6.29 Å². The molecule has 3 rings (SSSR count). The van der Waals surface area contributed by atoms with Gasteiger partial charge in [-0.25, -0.2) is 0 Å². The third-order valence-electron chi connectivity index (χ3n) is 5.86. The molecular weight excluding hydrogens is 315 g/mol. The summed E-state index contributed by atoms with van der Waals surface area (Å²) in [6.07, 6.45) is 1.05. The summed E-state index contributed by atoms with van der Waals surface area (Å²) in [4.78, 5) is 16.2. The molecule has 5 nitrogen and oxygen atoms in total. The van der Waals surface area contributed by atoms with Gasteiger partial charge in [-0.15, -0.1) is 0 Å². The Kier molecular flexibility index (Phi) is 5.08. The standard InChI is InChI=1S/C19H29BN2O3/c1-18(2)19(3,4)25-20(24-18)16-8-6-15(7-9-16)17(14-23)22-12-10-21(5)11-13-22/h6-9,14,17H,10-13H2,1-5H3. The molecule has 1 atom stereocenters. The minimum Gasteiger partial charge on any atom is -0.399 e. The van der Waals surface area contributed by atoms with E-state index in [0.29, 0.717) is 0 Å². The van der Waals surface area contributed by atoms with Gasteiger partial charge in [-0.3, -0.25) is 4.90 Å². The summed E-state index contributed by atoms with van der Waals surface area (Å²) in [7, 11) is 1.75. The molecule has 2 heterocycles. The van der Waals surface area contributed by atoms with Crippen LogP contribution >= 0.6 is 0 Å². The van der Waals surface area contributed by atoms with Crippen LogP contribution in [0.3, 0.4) is 0 Å². The van der Waals surface area contributed by atoms with Crippen LogP contribution in [0.1, 0.15) is 39.3 Å². The maximum absolute atomic E-state index is 11.7. The van der Waals surface area contributed by atoms with Crippen LogP contribution in [-0.2, 0) is 14.1 Å². The average molecular weight is 344 g/mol. The zero-order valence-corrected chi connectivity index (χ0v) is 16.0. The summed E-state index contributed by atoms with van der Waals surface area (Å²) in [6.45, 7) is 12.0. The Hall–Kier alpha value is -1.21. The Morgan fingerprint density at radius 2 is 1.52 bits per heavy atom. The Labute approximate surface area is 151 Å². The van der Waals surface area contributed by atoms with E-state index < -0.39 is 0 Å². The van der Waals surface area contributed by atoms with E-state index in [9.17, 15) is 4.79 Å². The van der Waals surface area contributed by atoms with Gasteiger partial charge in [-0.2, -0.15) is 0 Å². The lowest BCUT2D eigenvalue weighted by atomic mass is 9.78. The fraction of sp³-hybridized carbons (Fsp3) is 0.632. The van der Waals surface area contributed by atoms with Crippen LogP contribution in [0.15, 0.2) is 24.3 Å². The van der Waals surface area contributed by atoms with E-state index in [1.54, 1.807) is 0 Å². The van der Waals surface area contributed by atoms with Crippen LogP contribution in [0.4, 0.5) is 0 Å². The number of carbonyl (C=O) groups is 1. The van der Waals surface area contributed by atoms with Crippen LogP contribution in [-0.4, -0.2) is 67.6 Å². The highest BCUT2D eigenvalue weighted by molar-refractivity contribution is 6.62. The minimum atomic E-state index is -0.364. The van der Waals surface area contributed by atoms with E-state index in [0.717, 1.165) is 43.5 Å². The van der Waals surface area contributed by atoms with E-state index in [2.05, 4.69) is 44.5 Å². The molecule has 2 aliphatic heterocycles. The highest BCUT2D eigenvalue weighted by atomic mass is 16.7. The molecule has 0 aliphatic carbocycles. The monoisotopic (exact) mass is 344 g/mol. The molecule has 1 aromatic rings. The quantitative estimate of drug-likeness (QED) is 0.611. The first-order valence-electron chi connectivity index (χ1n) is 9.07. The highest BCUT2D eigenvalue weighted by Gasteiger charge is 2.51.